The Labute approximate surface area is 173 Å². The highest BCUT2D eigenvalue weighted by Gasteiger charge is 2.24. The minimum absolute atomic E-state index is 0.137. The number of hydrogen-bond donors (Lipinski definition) is 3. The van der Waals surface area contributed by atoms with Gasteiger partial charge in [0.1, 0.15) is 10.8 Å². The number of thiocarbonyl (C=S) groups is 1. The minimum Gasteiger partial charge on any atom is -0.494 e. The van der Waals surface area contributed by atoms with Crippen LogP contribution in [0.25, 0.3) is 0 Å². The van der Waals surface area contributed by atoms with Crippen LogP contribution in [-0.2, 0) is 12.8 Å². The molecule has 0 fully saturated rings. The third-order valence-electron chi connectivity index (χ3n) is 4.55. The van der Waals surface area contributed by atoms with Crippen LogP contribution < -0.4 is 21.1 Å². The number of amides is 2. The van der Waals surface area contributed by atoms with Crippen molar-refractivity contribution in [3.63, 3.8) is 0 Å². The molecular weight excluding hydrogens is 394 g/mol. The Morgan fingerprint density at radius 2 is 1.89 bits per heavy atom. The Morgan fingerprint density at radius 3 is 2.57 bits per heavy atom. The van der Waals surface area contributed by atoms with Gasteiger partial charge in [-0.3, -0.25) is 14.9 Å². The summed E-state index contributed by atoms with van der Waals surface area (Å²) in [4.78, 5) is 25.6. The number of nitrogens with one attached hydrogen (secondary N) is 2. The number of hydrogen-bond acceptors (Lipinski definition) is 5. The normalized spacial score (nSPS) is 13.2. The maximum atomic E-state index is 12.4. The van der Waals surface area contributed by atoms with E-state index in [0.717, 1.165) is 37.7 Å². The molecule has 0 spiro atoms. The van der Waals surface area contributed by atoms with Crippen LogP contribution in [0.15, 0.2) is 24.3 Å². The number of benzene rings is 1. The molecule has 3 rings (SSSR count). The van der Waals surface area contributed by atoms with E-state index in [-0.39, 0.29) is 11.0 Å². The van der Waals surface area contributed by atoms with E-state index in [0.29, 0.717) is 28.5 Å². The van der Waals surface area contributed by atoms with Gasteiger partial charge < -0.3 is 15.8 Å². The van der Waals surface area contributed by atoms with Crippen molar-refractivity contribution in [3.8, 4) is 5.75 Å². The van der Waals surface area contributed by atoms with Crippen LogP contribution in [0.1, 0.15) is 57.3 Å². The largest absolute Gasteiger partial charge is 0.494 e. The summed E-state index contributed by atoms with van der Waals surface area (Å²) in [6, 6.07) is 6.81. The van der Waals surface area contributed by atoms with Crippen molar-refractivity contribution < 1.29 is 14.3 Å². The van der Waals surface area contributed by atoms with Crippen LogP contribution in [-0.4, -0.2) is 23.5 Å². The highest BCUT2D eigenvalue weighted by atomic mass is 32.1. The van der Waals surface area contributed by atoms with Crippen LogP contribution in [0, 0.1) is 0 Å². The van der Waals surface area contributed by atoms with Gasteiger partial charge in [0.15, 0.2) is 5.11 Å². The molecule has 8 heteroatoms. The Hall–Kier alpha value is -2.45. The predicted octanol–water partition coefficient (Wildman–Crippen LogP) is 3.64. The van der Waals surface area contributed by atoms with Crippen molar-refractivity contribution in [2.45, 2.75) is 39.0 Å². The first-order valence-corrected chi connectivity index (χ1v) is 10.5. The molecule has 4 N–H and O–H groups in total. The number of fused-ring (bicyclic) bond motifs is 1. The smallest absolute Gasteiger partial charge is 0.257 e. The van der Waals surface area contributed by atoms with Gasteiger partial charge in [0.25, 0.3) is 11.8 Å². The number of aryl methyl sites for hydroxylation is 1. The Morgan fingerprint density at radius 1 is 1.18 bits per heavy atom. The third kappa shape index (κ3) is 4.69. The van der Waals surface area contributed by atoms with E-state index < -0.39 is 5.91 Å². The van der Waals surface area contributed by atoms with Gasteiger partial charge in [0, 0.05) is 10.4 Å². The lowest BCUT2D eigenvalue weighted by molar-refractivity contribution is 0.0975. The molecule has 1 aromatic carbocycles. The maximum Gasteiger partial charge on any atom is 0.257 e. The molecule has 28 heavy (non-hydrogen) atoms. The molecule has 148 valence electrons. The van der Waals surface area contributed by atoms with Crippen LogP contribution in [0.5, 0.6) is 5.75 Å². The molecule has 0 radical (unpaired) electrons. The summed E-state index contributed by atoms with van der Waals surface area (Å²) >= 11 is 6.78. The number of rotatable bonds is 5. The molecule has 1 aromatic heterocycles. The zero-order valence-corrected chi connectivity index (χ0v) is 17.3. The summed E-state index contributed by atoms with van der Waals surface area (Å²) in [6.07, 6.45) is 5.08. The topological polar surface area (TPSA) is 93.4 Å². The van der Waals surface area contributed by atoms with Crippen LogP contribution in [0.3, 0.4) is 0 Å². The number of primary amides is 1. The lowest BCUT2D eigenvalue weighted by Crippen LogP contribution is -2.34. The van der Waals surface area contributed by atoms with Crippen LogP contribution in [0.2, 0.25) is 0 Å². The second-order valence-corrected chi connectivity index (χ2v) is 8.01. The van der Waals surface area contributed by atoms with E-state index in [1.54, 1.807) is 24.3 Å². The SMILES string of the molecule is CCOc1ccc(C(=O)NC(=S)Nc2sc3c(c2C(N)=O)CCCCC3)cc1. The fraction of sp³-hybridized carbons (Fsp3) is 0.350. The number of ether oxygens (including phenoxy) is 1. The molecule has 0 bridgehead atoms. The maximum absolute atomic E-state index is 12.4. The summed E-state index contributed by atoms with van der Waals surface area (Å²) in [7, 11) is 0. The summed E-state index contributed by atoms with van der Waals surface area (Å²) in [5.41, 5.74) is 7.61. The Balaban J connectivity index is 1.70. The zero-order valence-electron chi connectivity index (χ0n) is 15.7. The van der Waals surface area contributed by atoms with Gasteiger partial charge in [-0.2, -0.15) is 0 Å². The van der Waals surface area contributed by atoms with Gasteiger partial charge in [0.05, 0.1) is 12.2 Å². The Kier molecular flexibility index (Phi) is 6.64. The van der Waals surface area contributed by atoms with Gasteiger partial charge in [0.2, 0.25) is 0 Å². The second kappa shape index (κ2) is 9.16. The molecule has 0 atom stereocenters. The highest BCUT2D eigenvalue weighted by molar-refractivity contribution is 7.80. The van der Waals surface area contributed by atoms with E-state index >= 15 is 0 Å². The summed E-state index contributed by atoms with van der Waals surface area (Å²) in [6.45, 7) is 2.46. The van der Waals surface area contributed by atoms with E-state index in [2.05, 4.69) is 10.6 Å². The van der Waals surface area contributed by atoms with E-state index in [1.807, 2.05) is 6.92 Å². The van der Waals surface area contributed by atoms with Crippen molar-refractivity contribution in [1.29, 1.82) is 0 Å². The van der Waals surface area contributed by atoms with Crippen molar-refractivity contribution in [2.24, 2.45) is 5.73 Å². The number of nitrogens with two attached hydrogens (primary N) is 1. The summed E-state index contributed by atoms with van der Waals surface area (Å²) in [5, 5.41) is 6.39. The summed E-state index contributed by atoms with van der Waals surface area (Å²) in [5.74, 6) is -0.104. The molecule has 1 aliphatic rings. The van der Waals surface area contributed by atoms with E-state index in [4.69, 9.17) is 22.7 Å². The predicted molar refractivity (Wildman–Crippen MR) is 115 cm³/mol. The highest BCUT2D eigenvalue weighted by Crippen LogP contribution is 2.37. The molecule has 6 nitrogen and oxygen atoms in total. The van der Waals surface area contributed by atoms with Gasteiger partial charge >= 0.3 is 0 Å². The number of carbonyl (C=O) groups excluding carboxylic acids is 2. The third-order valence-corrected chi connectivity index (χ3v) is 5.96. The molecule has 2 amide bonds. The first kappa shape index (κ1) is 20.3. The molecule has 0 unspecified atom stereocenters. The van der Waals surface area contributed by atoms with Crippen LogP contribution >= 0.6 is 23.6 Å². The quantitative estimate of drug-likeness (QED) is 0.510. The average Bonchev–Trinajstić information content (AvgIpc) is 2.83. The molecule has 0 saturated carbocycles. The van der Waals surface area contributed by atoms with Crippen molar-refractivity contribution in [3.05, 3.63) is 45.8 Å². The monoisotopic (exact) mass is 417 g/mol. The fourth-order valence-electron chi connectivity index (χ4n) is 3.27. The molecule has 1 heterocycles. The minimum atomic E-state index is -0.470. The van der Waals surface area contributed by atoms with Gasteiger partial charge in [-0.25, -0.2) is 0 Å². The Bertz CT molecular complexity index is 891. The van der Waals surface area contributed by atoms with Crippen molar-refractivity contribution >= 4 is 45.5 Å². The van der Waals surface area contributed by atoms with Gasteiger partial charge in [-0.15, -0.1) is 11.3 Å². The lowest BCUT2D eigenvalue weighted by atomic mass is 10.1. The first-order valence-electron chi connectivity index (χ1n) is 9.29. The molecule has 2 aromatic rings. The molecule has 1 aliphatic carbocycles. The standard InChI is InChI=1S/C20H23N3O3S2/c1-2-26-13-10-8-12(9-11-13)18(25)22-20(27)23-19-16(17(21)24)14-6-4-3-5-7-15(14)28-19/h8-11H,2-7H2,1H3,(H2,21,24)(H2,22,23,25,27). The lowest BCUT2D eigenvalue weighted by Gasteiger charge is -2.10. The van der Waals surface area contributed by atoms with Gasteiger partial charge in [-0.1, -0.05) is 6.42 Å². The number of anilines is 1. The van der Waals surface area contributed by atoms with E-state index in [1.165, 1.54) is 16.2 Å². The van der Waals surface area contributed by atoms with Crippen molar-refractivity contribution in [2.75, 3.05) is 11.9 Å². The summed E-state index contributed by atoms with van der Waals surface area (Å²) < 4.78 is 5.37. The average molecular weight is 418 g/mol. The molecule has 0 aliphatic heterocycles. The second-order valence-electron chi connectivity index (χ2n) is 6.50. The fourth-order valence-corrected chi connectivity index (χ4v) is 4.83. The van der Waals surface area contributed by atoms with E-state index in [9.17, 15) is 9.59 Å². The van der Waals surface area contributed by atoms with Crippen LogP contribution in [0.4, 0.5) is 5.00 Å². The first-order chi connectivity index (χ1) is 13.5. The van der Waals surface area contributed by atoms with Gasteiger partial charge in [-0.05, 0) is 74.7 Å². The number of thiophene rings is 1. The molecule has 0 saturated heterocycles. The van der Waals surface area contributed by atoms with Crippen molar-refractivity contribution in [1.82, 2.24) is 5.32 Å². The number of carbonyl (C=O) groups is 2. The zero-order chi connectivity index (χ0) is 20.1. The molecular formula is C20H23N3O3S2.